The topological polar surface area (TPSA) is 90.0 Å². The normalized spacial score (nSPS) is 14.6. The summed E-state index contributed by atoms with van der Waals surface area (Å²) in [7, 11) is 0. The van der Waals surface area contributed by atoms with Gasteiger partial charge in [0.25, 0.3) is 0 Å². The zero-order valence-corrected chi connectivity index (χ0v) is 12.6. The standard InChI is InChI=1S/C15H19N3O4/c1-10-9-12(20)3-4-13(10)16-14(21)15(22)18-7-5-17(6-8-18)11(2)19/h3-4,9,20H,5-8H2,1-2H3,(H,16,21). The van der Waals surface area contributed by atoms with Crippen LogP contribution >= 0.6 is 0 Å². The van der Waals surface area contributed by atoms with E-state index in [1.54, 1.807) is 17.9 Å². The maximum absolute atomic E-state index is 12.1. The van der Waals surface area contributed by atoms with E-state index >= 15 is 0 Å². The van der Waals surface area contributed by atoms with Crippen LogP contribution in [0.3, 0.4) is 0 Å². The van der Waals surface area contributed by atoms with Gasteiger partial charge >= 0.3 is 11.8 Å². The van der Waals surface area contributed by atoms with Gasteiger partial charge < -0.3 is 20.2 Å². The van der Waals surface area contributed by atoms with Crippen LogP contribution in [0.1, 0.15) is 12.5 Å². The van der Waals surface area contributed by atoms with E-state index in [0.717, 1.165) is 0 Å². The fraction of sp³-hybridized carbons (Fsp3) is 0.400. The van der Waals surface area contributed by atoms with Crippen molar-refractivity contribution in [3.63, 3.8) is 0 Å². The molecule has 1 aliphatic rings. The first kappa shape index (κ1) is 15.8. The number of benzene rings is 1. The van der Waals surface area contributed by atoms with Crippen LogP contribution in [-0.2, 0) is 14.4 Å². The molecule has 22 heavy (non-hydrogen) atoms. The summed E-state index contributed by atoms with van der Waals surface area (Å²) in [5, 5.41) is 11.9. The van der Waals surface area contributed by atoms with Crippen molar-refractivity contribution in [2.45, 2.75) is 13.8 Å². The number of amides is 3. The zero-order valence-electron chi connectivity index (χ0n) is 12.6. The maximum Gasteiger partial charge on any atom is 0.313 e. The van der Waals surface area contributed by atoms with Crippen molar-refractivity contribution >= 4 is 23.4 Å². The number of hydrogen-bond donors (Lipinski definition) is 2. The van der Waals surface area contributed by atoms with E-state index in [-0.39, 0.29) is 11.7 Å². The van der Waals surface area contributed by atoms with Gasteiger partial charge in [-0.3, -0.25) is 14.4 Å². The van der Waals surface area contributed by atoms with Crippen molar-refractivity contribution in [1.29, 1.82) is 0 Å². The number of phenolic OH excluding ortho intramolecular Hbond substituents is 1. The third-order valence-electron chi connectivity index (χ3n) is 3.66. The molecule has 1 fully saturated rings. The highest BCUT2D eigenvalue weighted by Crippen LogP contribution is 2.20. The molecule has 0 saturated carbocycles. The van der Waals surface area contributed by atoms with Crippen molar-refractivity contribution in [3.05, 3.63) is 23.8 Å². The summed E-state index contributed by atoms with van der Waals surface area (Å²) in [5.41, 5.74) is 1.15. The minimum absolute atomic E-state index is 0.0312. The van der Waals surface area contributed by atoms with Gasteiger partial charge in [0.05, 0.1) is 0 Å². The molecule has 0 spiro atoms. The van der Waals surface area contributed by atoms with Crippen molar-refractivity contribution in [1.82, 2.24) is 9.80 Å². The molecular formula is C15H19N3O4. The van der Waals surface area contributed by atoms with Gasteiger partial charge in [-0.1, -0.05) is 0 Å². The van der Waals surface area contributed by atoms with Crippen molar-refractivity contribution in [3.8, 4) is 5.75 Å². The number of anilines is 1. The quantitative estimate of drug-likeness (QED) is 0.578. The summed E-state index contributed by atoms with van der Waals surface area (Å²) < 4.78 is 0. The van der Waals surface area contributed by atoms with Gasteiger partial charge in [0.15, 0.2) is 0 Å². The average molecular weight is 305 g/mol. The number of aryl methyl sites for hydroxylation is 1. The molecule has 2 N–H and O–H groups in total. The van der Waals surface area contributed by atoms with Crippen molar-refractivity contribution in [2.75, 3.05) is 31.5 Å². The number of carbonyl (C=O) groups is 3. The van der Waals surface area contributed by atoms with Gasteiger partial charge in [0, 0.05) is 38.8 Å². The van der Waals surface area contributed by atoms with Crippen molar-refractivity contribution < 1.29 is 19.5 Å². The van der Waals surface area contributed by atoms with Crippen LogP contribution in [0.15, 0.2) is 18.2 Å². The molecule has 0 unspecified atom stereocenters. The second kappa shape index (κ2) is 6.46. The minimum Gasteiger partial charge on any atom is -0.508 e. The summed E-state index contributed by atoms with van der Waals surface area (Å²) in [6, 6.07) is 4.49. The number of piperazine rings is 1. The Kier molecular flexibility index (Phi) is 4.65. The second-order valence-electron chi connectivity index (χ2n) is 5.25. The van der Waals surface area contributed by atoms with E-state index in [2.05, 4.69) is 5.32 Å². The van der Waals surface area contributed by atoms with Crippen LogP contribution in [0, 0.1) is 6.92 Å². The van der Waals surface area contributed by atoms with E-state index in [4.69, 9.17) is 0 Å². The SMILES string of the molecule is CC(=O)N1CCN(C(=O)C(=O)Nc2ccc(O)cc2C)CC1. The Bertz CT molecular complexity index is 607. The molecule has 1 saturated heterocycles. The first-order chi connectivity index (χ1) is 10.4. The molecular weight excluding hydrogens is 286 g/mol. The molecule has 118 valence electrons. The summed E-state index contributed by atoms with van der Waals surface area (Å²) in [4.78, 5) is 38.5. The molecule has 1 aromatic carbocycles. The minimum atomic E-state index is -0.718. The van der Waals surface area contributed by atoms with E-state index in [1.165, 1.54) is 24.0 Å². The molecule has 3 amide bonds. The number of carbonyl (C=O) groups excluding carboxylic acids is 3. The van der Waals surface area contributed by atoms with Gasteiger partial charge in [-0.2, -0.15) is 0 Å². The van der Waals surface area contributed by atoms with Crippen molar-refractivity contribution in [2.24, 2.45) is 0 Å². The number of hydrogen-bond acceptors (Lipinski definition) is 4. The molecule has 1 aromatic rings. The highest BCUT2D eigenvalue weighted by molar-refractivity contribution is 6.39. The summed E-state index contributed by atoms with van der Waals surface area (Å²) in [6.45, 7) is 4.78. The number of nitrogens with one attached hydrogen (secondary N) is 1. The van der Waals surface area contributed by atoms with Crippen LogP contribution in [0.4, 0.5) is 5.69 Å². The first-order valence-corrected chi connectivity index (χ1v) is 7.04. The van der Waals surface area contributed by atoms with Crippen LogP contribution < -0.4 is 5.32 Å². The molecule has 7 heteroatoms. The average Bonchev–Trinajstić information content (AvgIpc) is 2.49. The fourth-order valence-corrected chi connectivity index (χ4v) is 2.33. The third kappa shape index (κ3) is 3.55. The monoisotopic (exact) mass is 305 g/mol. The van der Waals surface area contributed by atoms with Crippen LogP contribution in [0.5, 0.6) is 5.75 Å². The molecule has 0 bridgehead atoms. The highest BCUT2D eigenvalue weighted by Gasteiger charge is 2.27. The molecule has 0 aliphatic carbocycles. The number of nitrogens with zero attached hydrogens (tertiary/aromatic N) is 2. The summed E-state index contributed by atoms with van der Waals surface area (Å²) in [6.07, 6.45) is 0. The summed E-state index contributed by atoms with van der Waals surface area (Å²) >= 11 is 0. The van der Waals surface area contributed by atoms with Crippen LogP contribution in [0.2, 0.25) is 0 Å². The highest BCUT2D eigenvalue weighted by atomic mass is 16.3. The van der Waals surface area contributed by atoms with Crippen LogP contribution in [-0.4, -0.2) is 58.8 Å². The Balaban J connectivity index is 1.95. The molecule has 0 atom stereocenters. The Morgan fingerprint density at radius 1 is 1.09 bits per heavy atom. The van der Waals surface area contributed by atoms with Gasteiger partial charge in [0.1, 0.15) is 5.75 Å². The molecule has 1 heterocycles. The molecule has 2 rings (SSSR count). The molecule has 0 aromatic heterocycles. The lowest BCUT2D eigenvalue weighted by Crippen LogP contribution is -2.52. The Labute approximate surface area is 128 Å². The number of phenols is 1. The Morgan fingerprint density at radius 2 is 1.68 bits per heavy atom. The lowest BCUT2D eigenvalue weighted by Gasteiger charge is -2.33. The molecule has 0 radical (unpaired) electrons. The Hall–Kier alpha value is -2.57. The predicted octanol–water partition coefficient (Wildman–Crippen LogP) is 0.330. The van der Waals surface area contributed by atoms with Gasteiger partial charge in [-0.15, -0.1) is 0 Å². The Morgan fingerprint density at radius 3 is 2.23 bits per heavy atom. The van der Waals surface area contributed by atoms with E-state index in [1.807, 2.05) is 0 Å². The van der Waals surface area contributed by atoms with E-state index < -0.39 is 11.8 Å². The predicted molar refractivity (Wildman–Crippen MR) is 80.3 cm³/mol. The lowest BCUT2D eigenvalue weighted by atomic mass is 10.2. The fourth-order valence-electron chi connectivity index (χ4n) is 2.33. The number of aromatic hydroxyl groups is 1. The van der Waals surface area contributed by atoms with E-state index in [0.29, 0.717) is 37.4 Å². The number of rotatable bonds is 1. The van der Waals surface area contributed by atoms with Crippen LogP contribution in [0.25, 0.3) is 0 Å². The second-order valence-corrected chi connectivity index (χ2v) is 5.25. The summed E-state index contributed by atoms with van der Waals surface area (Å²) in [5.74, 6) is -1.26. The third-order valence-corrected chi connectivity index (χ3v) is 3.66. The van der Waals surface area contributed by atoms with Gasteiger partial charge in [0.2, 0.25) is 5.91 Å². The maximum atomic E-state index is 12.1. The largest absolute Gasteiger partial charge is 0.508 e. The zero-order chi connectivity index (χ0) is 16.3. The van der Waals surface area contributed by atoms with Gasteiger partial charge in [-0.25, -0.2) is 0 Å². The van der Waals surface area contributed by atoms with E-state index in [9.17, 15) is 19.5 Å². The van der Waals surface area contributed by atoms with Gasteiger partial charge in [-0.05, 0) is 30.7 Å². The molecule has 7 nitrogen and oxygen atoms in total. The lowest BCUT2D eigenvalue weighted by molar-refractivity contribution is -0.145. The molecule has 1 aliphatic heterocycles. The smallest absolute Gasteiger partial charge is 0.313 e. The first-order valence-electron chi connectivity index (χ1n) is 7.04.